The summed E-state index contributed by atoms with van der Waals surface area (Å²) >= 11 is 0. The van der Waals surface area contributed by atoms with E-state index >= 15 is 0 Å². The predicted molar refractivity (Wildman–Crippen MR) is 82.8 cm³/mol. The molecule has 1 N–H and O–H groups in total. The molecule has 0 aliphatic heterocycles. The van der Waals surface area contributed by atoms with Gasteiger partial charge in [-0.15, -0.1) is 13.2 Å². The van der Waals surface area contributed by atoms with Crippen molar-refractivity contribution >= 4 is 14.3 Å². The van der Waals surface area contributed by atoms with Crippen LogP contribution in [0.1, 0.15) is 34.1 Å². The molecule has 0 unspecified atom stereocenters. The van der Waals surface area contributed by atoms with Crippen molar-refractivity contribution in [1.29, 1.82) is 0 Å². The molecule has 0 bridgehead atoms. The first-order valence-corrected chi connectivity index (χ1v) is 9.52. The average Bonchev–Trinajstić information content (AvgIpc) is 2.25. The fourth-order valence-electron chi connectivity index (χ4n) is 1.66. The minimum absolute atomic E-state index is 0.0459. The second-order valence-corrected chi connectivity index (χ2v) is 11.3. The van der Waals surface area contributed by atoms with Gasteiger partial charge < -0.3 is 9.53 Å². The molecule has 0 fully saturated rings. The third-order valence-electron chi connectivity index (χ3n) is 4.14. The van der Waals surface area contributed by atoms with Gasteiger partial charge in [-0.25, -0.2) is 4.79 Å². The van der Waals surface area contributed by atoms with Crippen LogP contribution in [0.3, 0.4) is 0 Å². The number of carboxylic acid groups (broad SMARTS) is 1. The lowest BCUT2D eigenvalue weighted by atomic mass is 9.86. The summed E-state index contributed by atoms with van der Waals surface area (Å²) in [6.07, 6.45) is 3.54. The maximum absolute atomic E-state index is 11.8. The van der Waals surface area contributed by atoms with Gasteiger partial charge in [0, 0.05) is 12.3 Å². The van der Waals surface area contributed by atoms with Crippen LogP contribution in [-0.4, -0.2) is 25.0 Å². The summed E-state index contributed by atoms with van der Waals surface area (Å²) in [5.74, 6) is -1.22. The van der Waals surface area contributed by atoms with Crippen LogP contribution in [-0.2, 0) is 9.22 Å². The molecule has 0 saturated carbocycles. The number of hydrogen-bond donors (Lipinski definition) is 1. The van der Waals surface area contributed by atoms with E-state index in [-0.39, 0.29) is 17.4 Å². The molecule has 0 aromatic carbocycles. The normalized spacial score (nSPS) is 17.4. The lowest BCUT2D eigenvalue weighted by Crippen LogP contribution is -2.56. The molecule has 0 rings (SSSR count). The lowest BCUT2D eigenvalue weighted by Gasteiger charge is -2.45. The highest BCUT2D eigenvalue weighted by atomic mass is 28.4. The molecule has 0 saturated heterocycles. The molecule has 0 spiro atoms. The Morgan fingerprint density at radius 1 is 1.37 bits per heavy atom. The molecule has 2 atom stereocenters. The zero-order valence-electron chi connectivity index (χ0n) is 13.1. The summed E-state index contributed by atoms with van der Waals surface area (Å²) in [7, 11) is -2.20. The van der Waals surface area contributed by atoms with Gasteiger partial charge in [0.2, 0.25) is 0 Å². The van der Waals surface area contributed by atoms with Crippen molar-refractivity contribution in [3.8, 4) is 0 Å². The van der Waals surface area contributed by atoms with Gasteiger partial charge in [-0.05, 0) is 18.1 Å². The minimum Gasteiger partial charge on any atom is -0.479 e. The molecule has 0 aliphatic rings. The lowest BCUT2D eigenvalue weighted by molar-refractivity contribution is -0.159. The largest absolute Gasteiger partial charge is 0.479 e. The molecule has 0 heterocycles. The molecule has 0 amide bonds. The maximum atomic E-state index is 11.8. The Balaban J connectivity index is 5.67. The first-order chi connectivity index (χ1) is 8.44. The monoisotopic (exact) mass is 284 g/mol. The average molecular weight is 284 g/mol. The SMILES string of the molecule is C=CC[C@@](O[Si](C)(C)C(C)(C)C)(C(=O)O)[C@H](C)C=C. The van der Waals surface area contributed by atoms with Gasteiger partial charge in [0.05, 0.1) is 0 Å². The Hall–Kier alpha value is -0.873. The van der Waals surface area contributed by atoms with Gasteiger partial charge in [0.15, 0.2) is 13.9 Å². The van der Waals surface area contributed by atoms with Crippen molar-refractivity contribution in [2.24, 2.45) is 5.92 Å². The third-order valence-corrected chi connectivity index (χ3v) is 8.63. The van der Waals surface area contributed by atoms with Crippen LogP contribution in [0.15, 0.2) is 25.3 Å². The molecule has 0 aromatic rings. The van der Waals surface area contributed by atoms with Crippen molar-refractivity contribution in [3.63, 3.8) is 0 Å². The summed E-state index contributed by atoms with van der Waals surface area (Å²) in [4.78, 5) is 11.8. The Morgan fingerprint density at radius 3 is 2.11 bits per heavy atom. The summed E-state index contributed by atoms with van der Waals surface area (Å²) in [5.41, 5.74) is -1.26. The highest BCUT2D eigenvalue weighted by Crippen LogP contribution is 2.42. The first-order valence-electron chi connectivity index (χ1n) is 6.61. The summed E-state index contributed by atoms with van der Waals surface area (Å²) < 4.78 is 6.24. The van der Waals surface area contributed by atoms with Crippen molar-refractivity contribution in [2.75, 3.05) is 0 Å². The van der Waals surface area contributed by atoms with E-state index in [2.05, 4.69) is 47.0 Å². The number of aliphatic carboxylic acids is 1. The zero-order chi connectivity index (χ0) is 15.5. The Morgan fingerprint density at radius 2 is 1.84 bits per heavy atom. The maximum Gasteiger partial charge on any atom is 0.335 e. The summed E-state index contributed by atoms with van der Waals surface area (Å²) in [6, 6.07) is 0. The van der Waals surface area contributed by atoms with Crippen molar-refractivity contribution < 1.29 is 14.3 Å². The summed E-state index contributed by atoms with van der Waals surface area (Å²) in [6.45, 7) is 19.6. The number of carbonyl (C=O) groups is 1. The fraction of sp³-hybridized carbons (Fsp3) is 0.667. The van der Waals surface area contributed by atoms with E-state index in [1.54, 1.807) is 12.2 Å². The Bertz CT molecular complexity index is 355. The van der Waals surface area contributed by atoms with Gasteiger partial charge in [0.1, 0.15) is 0 Å². The second kappa shape index (κ2) is 6.05. The Kier molecular flexibility index (Phi) is 5.77. The molecule has 0 aliphatic carbocycles. The molecular weight excluding hydrogens is 256 g/mol. The number of rotatable bonds is 7. The van der Waals surface area contributed by atoms with Crippen molar-refractivity contribution in [3.05, 3.63) is 25.3 Å². The predicted octanol–water partition coefficient (Wildman–Crippen LogP) is 4.23. The van der Waals surface area contributed by atoms with Crippen LogP contribution in [0.2, 0.25) is 18.1 Å². The van der Waals surface area contributed by atoms with Crippen molar-refractivity contribution in [2.45, 2.75) is 57.8 Å². The van der Waals surface area contributed by atoms with Crippen molar-refractivity contribution in [1.82, 2.24) is 0 Å². The van der Waals surface area contributed by atoms with E-state index in [4.69, 9.17) is 4.43 Å². The molecule has 4 heteroatoms. The third kappa shape index (κ3) is 3.80. The van der Waals surface area contributed by atoms with E-state index in [1.807, 2.05) is 6.92 Å². The fourth-order valence-corrected chi connectivity index (χ4v) is 3.23. The van der Waals surface area contributed by atoms with Crippen LogP contribution in [0.4, 0.5) is 0 Å². The highest BCUT2D eigenvalue weighted by Gasteiger charge is 2.50. The summed E-state index contributed by atoms with van der Waals surface area (Å²) in [5, 5.41) is 9.64. The van der Waals surface area contributed by atoms with Gasteiger partial charge >= 0.3 is 5.97 Å². The van der Waals surface area contributed by atoms with E-state index in [1.165, 1.54) is 0 Å². The van der Waals surface area contributed by atoms with E-state index in [0.29, 0.717) is 0 Å². The Labute approximate surface area is 118 Å². The van der Waals surface area contributed by atoms with Gasteiger partial charge in [-0.1, -0.05) is 39.8 Å². The standard InChI is InChI=1S/C15H28O3Si/c1-9-11-15(13(16)17,12(3)10-2)18-19(7,8)14(4,5)6/h9-10,12H,1-2,11H2,3-8H3,(H,16,17)/t12-,15+/m1/s1. The van der Waals surface area contributed by atoms with Crippen LogP contribution in [0, 0.1) is 5.92 Å². The smallest absolute Gasteiger partial charge is 0.335 e. The molecule has 110 valence electrons. The topological polar surface area (TPSA) is 46.5 Å². The molecular formula is C15H28O3Si. The van der Waals surface area contributed by atoms with Crippen LogP contribution >= 0.6 is 0 Å². The van der Waals surface area contributed by atoms with E-state index in [0.717, 1.165) is 0 Å². The van der Waals surface area contributed by atoms with Gasteiger partial charge in [-0.3, -0.25) is 0 Å². The molecule has 0 radical (unpaired) electrons. The molecule has 19 heavy (non-hydrogen) atoms. The number of carboxylic acids is 1. The highest BCUT2D eigenvalue weighted by molar-refractivity contribution is 6.74. The molecule has 3 nitrogen and oxygen atoms in total. The zero-order valence-corrected chi connectivity index (χ0v) is 14.1. The van der Waals surface area contributed by atoms with Crippen LogP contribution < -0.4 is 0 Å². The van der Waals surface area contributed by atoms with E-state index < -0.39 is 19.9 Å². The quantitative estimate of drug-likeness (QED) is 0.562. The van der Waals surface area contributed by atoms with Gasteiger partial charge in [0.25, 0.3) is 0 Å². The van der Waals surface area contributed by atoms with Gasteiger partial charge in [-0.2, -0.15) is 0 Å². The molecule has 0 aromatic heterocycles. The van der Waals surface area contributed by atoms with Crippen LogP contribution in [0.5, 0.6) is 0 Å². The van der Waals surface area contributed by atoms with E-state index in [9.17, 15) is 9.90 Å². The van der Waals surface area contributed by atoms with Crippen LogP contribution in [0.25, 0.3) is 0 Å². The second-order valence-electron chi connectivity index (χ2n) is 6.57. The minimum atomic E-state index is -2.20. The number of hydrogen-bond acceptors (Lipinski definition) is 2. The first kappa shape index (κ1) is 18.1.